The summed E-state index contributed by atoms with van der Waals surface area (Å²) in [5, 5.41) is 0. The van der Waals surface area contributed by atoms with Gasteiger partial charge in [0.2, 0.25) is 0 Å². The molecule has 0 saturated carbocycles. The van der Waals surface area contributed by atoms with Gasteiger partial charge >= 0.3 is 11.9 Å². The second-order valence-electron chi connectivity index (χ2n) is 8.93. The topological polar surface area (TPSA) is 52.6 Å². The summed E-state index contributed by atoms with van der Waals surface area (Å²) in [6.45, 7) is 6.71. The molecule has 0 radical (unpaired) electrons. The molecule has 0 fully saturated rings. The molecule has 0 aliphatic heterocycles. The third-order valence-electron chi connectivity index (χ3n) is 5.99. The number of halogens is 2. The summed E-state index contributed by atoms with van der Waals surface area (Å²) >= 11 is 0. The highest BCUT2D eigenvalue weighted by Gasteiger charge is 2.10. The molecular weight excluding hydrogens is 534 g/mol. The molecule has 6 heteroatoms. The van der Waals surface area contributed by atoms with Crippen molar-refractivity contribution in [2.45, 2.75) is 0 Å². The van der Waals surface area contributed by atoms with Gasteiger partial charge in [-0.15, -0.1) is 0 Å². The van der Waals surface area contributed by atoms with Crippen molar-refractivity contribution >= 4 is 48.4 Å². The first kappa shape index (κ1) is 29.4. The second kappa shape index (κ2) is 14.1. The van der Waals surface area contributed by atoms with Gasteiger partial charge in [0.1, 0.15) is 11.5 Å². The van der Waals surface area contributed by atoms with E-state index in [4.69, 9.17) is 9.47 Å². The van der Waals surface area contributed by atoms with E-state index < -0.39 is 23.6 Å². The molecule has 0 atom stereocenters. The van der Waals surface area contributed by atoms with Gasteiger partial charge in [0.15, 0.2) is 11.6 Å². The van der Waals surface area contributed by atoms with Crippen molar-refractivity contribution in [3.63, 3.8) is 0 Å². The van der Waals surface area contributed by atoms with Gasteiger partial charge in [-0.3, -0.25) is 0 Å². The number of carbonyl (C=O) groups excluding carboxylic acids is 2. The van der Waals surface area contributed by atoms with Crippen molar-refractivity contribution in [3.05, 3.63) is 155 Å². The average molecular weight is 561 g/mol. The predicted molar refractivity (Wildman–Crippen MR) is 164 cm³/mol. The van der Waals surface area contributed by atoms with Gasteiger partial charge in [-0.1, -0.05) is 110 Å². The summed E-state index contributed by atoms with van der Waals surface area (Å²) < 4.78 is 39.6. The van der Waals surface area contributed by atoms with Crippen molar-refractivity contribution in [2.24, 2.45) is 0 Å². The Hall–Kier alpha value is -5.62. The third kappa shape index (κ3) is 8.19. The number of rotatable bonds is 10. The van der Waals surface area contributed by atoms with E-state index in [1.54, 1.807) is 48.6 Å². The highest BCUT2D eigenvalue weighted by Crippen LogP contribution is 2.22. The number of carbonyl (C=O) groups is 2. The predicted octanol–water partition coefficient (Wildman–Crippen LogP) is 8.66. The molecule has 0 spiro atoms. The van der Waals surface area contributed by atoms with E-state index in [1.165, 1.54) is 24.3 Å². The maximum Gasteiger partial charge on any atom is 0.335 e. The van der Waals surface area contributed by atoms with Crippen molar-refractivity contribution in [2.75, 3.05) is 0 Å². The van der Waals surface area contributed by atoms with Crippen LogP contribution in [0.5, 0.6) is 11.5 Å². The molecule has 4 aromatic rings. The molecular formula is C36H26F2O4. The van der Waals surface area contributed by atoms with Crippen molar-refractivity contribution < 1.29 is 27.8 Å². The third-order valence-corrected chi connectivity index (χ3v) is 5.99. The molecule has 0 unspecified atom stereocenters. The van der Waals surface area contributed by atoms with E-state index in [9.17, 15) is 18.4 Å². The summed E-state index contributed by atoms with van der Waals surface area (Å²) in [6, 6.07) is 24.3. The number of hydrogen-bond donors (Lipinski definition) is 0. The van der Waals surface area contributed by atoms with Crippen LogP contribution in [0.4, 0.5) is 8.78 Å². The number of esters is 2. The van der Waals surface area contributed by atoms with Crippen LogP contribution in [0.2, 0.25) is 0 Å². The van der Waals surface area contributed by atoms with E-state index >= 15 is 0 Å². The summed E-state index contributed by atoms with van der Waals surface area (Å²) in [5.74, 6) is -2.17. The molecule has 0 bridgehead atoms. The van der Waals surface area contributed by atoms with E-state index in [2.05, 4.69) is 13.2 Å². The standard InChI is InChI=1S/C36H26F2O4/c1-3-33(39)41-31-21-13-27(14-22-31)10-7-25-5-8-26(9-6-25)11-17-29-19-20-30(36(38)35(29)37)18-12-28-15-23-32(24-16-28)42-34(40)4-2/h3-24H,1-2H2. The molecule has 4 aromatic carbocycles. The SMILES string of the molecule is C=CC(=O)Oc1ccc(C=Cc2ccc(C=Cc3ccc(C=Cc4ccc(OC(=O)C=C)cc4)c(F)c3F)cc2)cc1. The fraction of sp³-hybridized carbons (Fsp3) is 0. The lowest BCUT2D eigenvalue weighted by Gasteiger charge is -2.04. The fourth-order valence-electron chi connectivity index (χ4n) is 3.73. The minimum atomic E-state index is -0.947. The Kier molecular flexibility index (Phi) is 9.89. The highest BCUT2D eigenvalue weighted by atomic mass is 19.2. The average Bonchev–Trinajstić information content (AvgIpc) is 3.02. The van der Waals surface area contributed by atoms with E-state index in [0.29, 0.717) is 11.5 Å². The number of benzene rings is 4. The number of ether oxygens (including phenoxy) is 2. The van der Waals surface area contributed by atoms with Crippen LogP contribution in [0.1, 0.15) is 33.4 Å². The summed E-state index contributed by atoms with van der Waals surface area (Å²) in [6.07, 6.45) is 12.4. The van der Waals surface area contributed by atoms with Crippen LogP contribution in [-0.4, -0.2) is 11.9 Å². The lowest BCUT2D eigenvalue weighted by atomic mass is 10.1. The second-order valence-corrected chi connectivity index (χ2v) is 8.93. The van der Waals surface area contributed by atoms with E-state index in [0.717, 1.165) is 34.4 Å². The van der Waals surface area contributed by atoms with E-state index in [1.807, 2.05) is 48.6 Å². The molecule has 0 aliphatic rings. The largest absolute Gasteiger partial charge is 0.423 e. The van der Waals surface area contributed by atoms with Gasteiger partial charge in [0, 0.05) is 23.3 Å². The monoisotopic (exact) mass is 560 g/mol. The Balaban J connectivity index is 1.37. The first-order chi connectivity index (χ1) is 20.3. The Labute approximate surface area is 242 Å². The van der Waals surface area contributed by atoms with Crippen LogP contribution in [-0.2, 0) is 9.59 Å². The molecule has 4 rings (SSSR count). The van der Waals surface area contributed by atoms with Gasteiger partial charge in [-0.05, 0) is 46.5 Å². The zero-order chi connectivity index (χ0) is 29.9. The molecule has 0 saturated heterocycles. The molecule has 208 valence electrons. The molecule has 0 N–H and O–H groups in total. The smallest absolute Gasteiger partial charge is 0.335 e. The van der Waals surface area contributed by atoms with Gasteiger partial charge in [-0.2, -0.15) is 0 Å². The highest BCUT2D eigenvalue weighted by molar-refractivity contribution is 5.84. The maximum atomic E-state index is 14.8. The Bertz CT molecular complexity index is 1680. The van der Waals surface area contributed by atoms with Crippen molar-refractivity contribution in [3.8, 4) is 11.5 Å². The van der Waals surface area contributed by atoms with Gasteiger partial charge in [0.25, 0.3) is 0 Å². The molecule has 0 aromatic heterocycles. The van der Waals surface area contributed by atoms with E-state index in [-0.39, 0.29) is 11.1 Å². The van der Waals surface area contributed by atoms with Gasteiger partial charge < -0.3 is 9.47 Å². The Morgan fingerprint density at radius 1 is 0.476 bits per heavy atom. The quantitative estimate of drug-likeness (QED) is 0.0843. The Morgan fingerprint density at radius 3 is 1.07 bits per heavy atom. The summed E-state index contributed by atoms with van der Waals surface area (Å²) in [4.78, 5) is 22.5. The molecule has 0 heterocycles. The molecule has 0 aliphatic carbocycles. The first-order valence-electron chi connectivity index (χ1n) is 12.9. The zero-order valence-electron chi connectivity index (χ0n) is 22.5. The van der Waals surface area contributed by atoms with Crippen LogP contribution in [0.25, 0.3) is 36.5 Å². The minimum Gasteiger partial charge on any atom is -0.423 e. The molecule has 0 amide bonds. The lowest BCUT2D eigenvalue weighted by Crippen LogP contribution is -2.02. The number of hydrogen-bond acceptors (Lipinski definition) is 4. The minimum absolute atomic E-state index is 0.107. The lowest BCUT2D eigenvalue weighted by molar-refractivity contribution is -0.129. The van der Waals surface area contributed by atoms with Gasteiger partial charge in [0.05, 0.1) is 0 Å². The Morgan fingerprint density at radius 2 is 0.762 bits per heavy atom. The fourth-order valence-corrected chi connectivity index (χ4v) is 3.73. The zero-order valence-corrected chi connectivity index (χ0v) is 22.5. The molecule has 4 nitrogen and oxygen atoms in total. The summed E-state index contributed by atoms with van der Waals surface area (Å²) in [5.41, 5.74) is 3.67. The first-order valence-corrected chi connectivity index (χ1v) is 12.9. The van der Waals surface area contributed by atoms with Crippen LogP contribution in [0, 0.1) is 11.6 Å². The normalized spacial score (nSPS) is 11.2. The van der Waals surface area contributed by atoms with Crippen LogP contribution < -0.4 is 9.47 Å². The van der Waals surface area contributed by atoms with Crippen molar-refractivity contribution in [1.29, 1.82) is 0 Å². The van der Waals surface area contributed by atoms with Crippen LogP contribution in [0.15, 0.2) is 110 Å². The molecule has 42 heavy (non-hydrogen) atoms. The van der Waals surface area contributed by atoms with Crippen molar-refractivity contribution in [1.82, 2.24) is 0 Å². The summed E-state index contributed by atoms with van der Waals surface area (Å²) in [7, 11) is 0. The van der Waals surface area contributed by atoms with Crippen LogP contribution >= 0.6 is 0 Å². The maximum absolute atomic E-state index is 14.8. The van der Waals surface area contributed by atoms with Crippen LogP contribution in [0.3, 0.4) is 0 Å². The van der Waals surface area contributed by atoms with Gasteiger partial charge in [-0.25, -0.2) is 18.4 Å².